The van der Waals surface area contributed by atoms with Crippen LogP contribution in [0.15, 0.2) is 42.7 Å². The van der Waals surface area contributed by atoms with E-state index >= 15 is 0 Å². The van der Waals surface area contributed by atoms with Gasteiger partial charge in [-0.05, 0) is 31.2 Å². The van der Waals surface area contributed by atoms with E-state index in [4.69, 9.17) is 16.3 Å². The summed E-state index contributed by atoms with van der Waals surface area (Å²) in [5.74, 6) is 0.486. The lowest BCUT2D eigenvalue weighted by Gasteiger charge is -2.15. The Labute approximate surface area is 156 Å². The van der Waals surface area contributed by atoms with Crippen LogP contribution in [0, 0.1) is 6.92 Å². The zero-order valence-corrected chi connectivity index (χ0v) is 15.6. The molecule has 8 heteroatoms. The maximum Gasteiger partial charge on any atom is 0.274 e. The van der Waals surface area contributed by atoms with Crippen LogP contribution in [0.25, 0.3) is 0 Å². The molecule has 136 valence electrons. The lowest BCUT2D eigenvalue weighted by Crippen LogP contribution is -2.27. The number of aryl methyl sites for hydroxylation is 2. The normalized spacial score (nSPS) is 10.8. The Morgan fingerprint density at radius 1 is 1.31 bits per heavy atom. The molecule has 0 aliphatic heterocycles. The van der Waals surface area contributed by atoms with E-state index in [2.05, 4.69) is 10.2 Å². The Kier molecular flexibility index (Phi) is 5.27. The molecule has 0 aliphatic carbocycles. The predicted octanol–water partition coefficient (Wildman–Crippen LogP) is 2.89. The van der Waals surface area contributed by atoms with Crippen molar-refractivity contribution in [2.45, 2.75) is 20.2 Å². The molecule has 7 nitrogen and oxygen atoms in total. The largest absolute Gasteiger partial charge is 0.471 e. The van der Waals surface area contributed by atoms with Crippen LogP contribution in [0.5, 0.6) is 5.75 Å². The van der Waals surface area contributed by atoms with Gasteiger partial charge in [-0.2, -0.15) is 10.2 Å². The van der Waals surface area contributed by atoms with Crippen molar-refractivity contribution in [3.63, 3.8) is 0 Å². The molecule has 3 aromatic rings. The fourth-order valence-electron chi connectivity index (χ4n) is 2.57. The van der Waals surface area contributed by atoms with Gasteiger partial charge in [-0.25, -0.2) is 4.68 Å². The van der Waals surface area contributed by atoms with Gasteiger partial charge < -0.3 is 9.64 Å². The summed E-state index contributed by atoms with van der Waals surface area (Å²) < 4.78 is 8.93. The molecule has 26 heavy (non-hydrogen) atoms. The van der Waals surface area contributed by atoms with Crippen molar-refractivity contribution in [1.29, 1.82) is 0 Å². The topological polar surface area (TPSA) is 65.2 Å². The van der Waals surface area contributed by atoms with Gasteiger partial charge in [0.15, 0.2) is 12.4 Å². The smallest absolute Gasteiger partial charge is 0.274 e. The molecule has 0 radical (unpaired) electrons. The van der Waals surface area contributed by atoms with Crippen LogP contribution in [-0.2, 0) is 20.3 Å². The molecule has 0 N–H and O–H groups in total. The number of amides is 1. The zero-order chi connectivity index (χ0) is 18.7. The van der Waals surface area contributed by atoms with E-state index in [9.17, 15) is 4.79 Å². The summed E-state index contributed by atoms with van der Waals surface area (Å²) in [6.45, 7) is 2.60. The minimum atomic E-state index is -0.158. The van der Waals surface area contributed by atoms with Crippen molar-refractivity contribution >= 4 is 17.5 Å². The van der Waals surface area contributed by atoms with Crippen molar-refractivity contribution < 1.29 is 9.53 Å². The van der Waals surface area contributed by atoms with Crippen molar-refractivity contribution in [3.8, 4) is 5.75 Å². The summed E-state index contributed by atoms with van der Waals surface area (Å²) in [5, 5.41) is 9.18. The Morgan fingerprint density at radius 2 is 2.12 bits per heavy atom. The van der Waals surface area contributed by atoms with Gasteiger partial charge in [0.1, 0.15) is 5.75 Å². The number of carbonyl (C=O) groups is 1. The number of benzene rings is 1. The number of ether oxygens (including phenoxy) is 1. The van der Waals surface area contributed by atoms with Gasteiger partial charge in [0, 0.05) is 43.6 Å². The predicted molar refractivity (Wildman–Crippen MR) is 98.0 cm³/mol. The van der Waals surface area contributed by atoms with Gasteiger partial charge in [-0.3, -0.25) is 9.48 Å². The highest BCUT2D eigenvalue weighted by Gasteiger charge is 2.17. The van der Waals surface area contributed by atoms with E-state index < -0.39 is 0 Å². The highest BCUT2D eigenvalue weighted by atomic mass is 35.5. The molecule has 0 saturated heterocycles. The number of nitrogens with zero attached hydrogens (tertiary/aromatic N) is 5. The molecule has 0 unspecified atom stereocenters. The van der Waals surface area contributed by atoms with Gasteiger partial charge in [0.2, 0.25) is 0 Å². The van der Waals surface area contributed by atoms with Crippen LogP contribution in [0.3, 0.4) is 0 Å². The minimum absolute atomic E-state index is 0.158. The summed E-state index contributed by atoms with van der Waals surface area (Å²) in [7, 11) is 3.61. The van der Waals surface area contributed by atoms with Gasteiger partial charge in [0.05, 0.1) is 5.69 Å². The molecule has 0 spiro atoms. The maximum atomic E-state index is 12.6. The second kappa shape index (κ2) is 7.61. The minimum Gasteiger partial charge on any atom is -0.471 e. The summed E-state index contributed by atoms with van der Waals surface area (Å²) in [4.78, 5) is 14.2. The standard InChI is InChI=1S/C18H20ClN5O2/c1-13-14(11-23(3)20-13)10-22(2)18(25)17-7-8-24(21-17)12-26-16-6-4-5-15(19)9-16/h4-9,11H,10,12H2,1-3H3. The summed E-state index contributed by atoms with van der Waals surface area (Å²) in [6.07, 6.45) is 3.62. The molecule has 3 rings (SSSR count). The lowest BCUT2D eigenvalue weighted by molar-refractivity contribution is 0.0777. The molecular formula is C18H20ClN5O2. The van der Waals surface area contributed by atoms with Crippen molar-refractivity contribution in [1.82, 2.24) is 24.5 Å². The molecule has 1 aromatic carbocycles. The van der Waals surface area contributed by atoms with Crippen LogP contribution >= 0.6 is 11.6 Å². The van der Waals surface area contributed by atoms with Gasteiger partial charge in [-0.15, -0.1) is 0 Å². The van der Waals surface area contributed by atoms with Crippen LogP contribution in [0.1, 0.15) is 21.7 Å². The van der Waals surface area contributed by atoms with E-state index in [1.54, 1.807) is 45.7 Å². The second-order valence-corrected chi connectivity index (χ2v) is 6.48. The third kappa shape index (κ3) is 4.23. The van der Waals surface area contributed by atoms with E-state index in [0.29, 0.717) is 23.0 Å². The Morgan fingerprint density at radius 3 is 2.81 bits per heavy atom. The third-order valence-electron chi connectivity index (χ3n) is 3.89. The SMILES string of the molecule is Cc1nn(C)cc1CN(C)C(=O)c1ccn(COc2cccc(Cl)c2)n1. The van der Waals surface area contributed by atoms with E-state index in [0.717, 1.165) is 11.3 Å². The summed E-state index contributed by atoms with van der Waals surface area (Å²) in [5.41, 5.74) is 2.28. The maximum absolute atomic E-state index is 12.6. The first-order valence-electron chi connectivity index (χ1n) is 8.09. The Balaban J connectivity index is 1.61. The molecule has 0 atom stereocenters. The highest BCUT2D eigenvalue weighted by molar-refractivity contribution is 6.30. The first-order chi connectivity index (χ1) is 12.4. The van der Waals surface area contributed by atoms with Crippen LogP contribution < -0.4 is 4.74 Å². The molecule has 0 aliphatic rings. The van der Waals surface area contributed by atoms with Gasteiger partial charge in [0.25, 0.3) is 5.91 Å². The molecule has 0 saturated carbocycles. The zero-order valence-electron chi connectivity index (χ0n) is 14.9. The highest BCUT2D eigenvalue weighted by Crippen LogP contribution is 2.17. The number of carbonyl (C=O) groups excluding carboxylic acids is 1. The Bertz CT molecular complexity index is 918. The lowest BCUT2D eigenvalue weighted by atomic mass is 10.2. The number of hydrogen-bond acceptors (Lipinski definition) is 4. The third-order valence-corrected chi connectivity index (χ3v) is 4.12. The van der Waals surface area contributed by atoms with Crippen molar-refractivity contribution in [3.05, 3.63) is 64.7 Å². The number of rotatable bonds is 6. The van der Waals surface area contributed by atoms with E-state index in [1.807, 2.05) is 32.3 Å². The average Bonchev–Trinajstić information content (AvgIpc) is 3.19. The number of hydrogen-bond donors (Lipinski definition) is 0. The van der Waals surface area contributed by atoms with Crippen LogP contribution in [0.2, 0.25) is 5.02 Å². The van der Waals surface area contributed by atoms with Crippen LogP contribution in [-0.4, -0.2) is 37.4 Å². The monoisotopic (exact) mass is 373 g/mol. The second-order valence-electron chi connectivity index (χ2n) is 6.05. The van der Waals surface area contributed by atoms with E-state index in [-0.39, 0.29) is 12.6 Å². The Hall–Kier alpha value is -2.80. The average molecular weight is 374 g/mol. The van der Waals surface area contributed by atoms with Crippen molar-refractivity contribution in [2.24, 2.45) is 7.05 Å². The van der Waals surface area contributed by atoms with Crippen LogP contribution in [0.4, 0.5) is 0 Å². The molecule has 0 bridgehead atoms. The quantitative estimate of drug-likeness (QED) is 0.666. The molecule has 2 aromatic heterocycles. The first kappa shape index (κ1) is 18.0. The number of aromatic nitrogens is 4. The molecular weight excluding hydrogens is 354 g/mol. The van der Waals surface area contributed by atoms with E-state index in [1.165, 1.54) is 0 Å². The fraction of sp³-hybridized carbons (Fsp3) is 0.278. The van der Waals surface area contributed by atoms with Gasteiger partial charge in [-0.1, -0.05) is 17.7 Å². The fourth-order valence-corrected chi connectivity index (χ4v) is 2.75. The molecule has 0 fully saturated rings. The number of halogens is 1. The molecule has 1 amide bonds. The van der Waals surface area contributed by atoms with Crippen molar-refractivity contribution in [2.75, 3.05) is 7.05 Å². The first-order valence-corrected chi connectivity index (χ1v) is 8.46. The summed E-state index contributed by atoms with van der Waals surface area (Å²) >= 11 is 5.93. The summed E-state index contributed by atoms with van der Waals surface area (Å²) in [6, 6.07) is 8.80. The molecule has 2 heterocycles. The van der Waals surface area contributed by atoms with Gasteiger partial charge >= 0.3 is 0 Å².